The number of carbonyl (C=O) groups is 1. The van der Waals surface area contributed by atoms with Gasteiger partial charge in [0.15, 0.2) is 11.5 Å². The van der Waals surface area contributed by atoms with Gasteiger partial charge in [0.25, 0.3) is 0 Å². The molecule has 3 aromatic rings. The molecule has 0 spiro atoms. The highest BCUT2D eigenvalue weighted by Crippen LogP contribution is 2.46. The summed E-state index contributed by atoms with van der Waals surface area (Å²) in [6.45, 7) is 1.87. The molecule has 40 heavy (non-hydrogen) atoms. The van der Waals surface area contributed by atoms with Crippen LogP contribution in [0.15, 0.2) is 47.5 Å². The van der Waals surface area contributed by atoms with E-state index in [1.165, 1.54) is 12.1 Å². The van der Waals surface area contributed by atoms with E-state index >= 15 is 0 Å². The molecule has 1 saturated heterocycles. The van der Waals surface area contributed by atoms with Crippen molar-refractivity contribution < 1.29 is 22.7 Å². The van der Waals surface area contributed by atoms with Crippen LogP contribution in [0.1, 0.15) is 46.2 Å². The molecule has 1 saturated carbocycles. The van der Waals surface area contributed by atoms with Gasteiger partial charge in [-0.15, -0.1) is 0 Å². The van der Waals surface area contributed by atoms with Gasteiger partial charge in [0.1, 0.15) is 12.2 Å². The van der Waals surface area contributed by atoms with Gasteiger partial charge in [0.2, 0.25) is 3.79 Å². The standard InChI is InChI=1S/C28H22ClF3IN5O2/c29-21-9-17(25(33)39)5-8-19(21)24-22(10-34)36-38-26(24)35-23-14-40-13-20(23)27(38)37(11-15-1-2-15)12-16-3-6-18(7-4-16)28(30,31)32/h3-9,15,20,27H,1-2,11-14H2. The normalized spacial score (nSPS) is 20.2. The van der Waals surface area contributed by atoms with Crippen LogP contribution in [0.3, 0.4) is 0 Å². The molecule has 6 rings (SSSR count). The lowest BCUT2D eigenvalue weighted by atomic mass is 9.97. The molecule has 2 atom stereocenters. The van der Waals surface area contributed by atoms with Crippen molar-refractivity contribution in [2.75, 3.05) is 19.8 Å². The average molecular weight is 680 g/mol. The molecule has 0 amide bonds. The Morgan fingerprint density at radius 1 is 1.23 bits per heavy atom. The Labute approximate surface area is 246 Å². The highest BCUT2D eigenvalue weighted by atomic mass is 127. The zero-order chi connectivity index (χ0) is 28.2. The van der Waals surface area contributed by atoms with Crippen LogP contribution in [0.2, 0.25) is 5.02 Å². The van der Waals surface area contributed by atoms with E-state index in [2.05, 4.69) is 11.0 Å². The van der Waals surface area contributed by atoms with Crippen molar-refractivity contribution >= 4 is 49.5 Å². The third-order valence-electron chi connectivity index (χ3n) is 7.52. The summed E-state index contributed by atoms with van der Waals surface area (Å²) in [5, 5.41) is 15.1. The topological polar surface area (TPSA) is 83.5 Å². The quantitative estimate of drug-likeness (QED) is 0.202. The van der Waals surface area contributed by atoms with Crippen LogP contribution in [0.4, 0.5) is 19.0 Å². The minimum atomic E-state index is -4.40. The number of halogens is 5. The lowest BCUT2D eigenvalue weighted by Gasteiger charge is -2.38. The molecule has 2 aliphatic heterocycles. The highest BCUT2D eigenvalue weighted by molar-refractivity contribution is 14.1. The maximum Gasteiger partial charge on any atom is 0.416 e. The Kier molecular flexibility index (Phi) is 7.23. The zero-order valence-electron chi connectivity index (χ0n) is 21.0. The number of aromatic nitrogens is 2. The molecule has 0 N–H and O–H groups in total. The van der Waals surface area contributed by atoms with Crippen molar-refractivity contribution in [2.45, 2.75) is 31.7 Å². The molecule has 3 aliphatic rings. The van der Waals surface area contributed by atoms with Crippen molar-refractivity contribution in [3.05, 3.63) is 69.9 Å². The summed E-state index contributed by atoms with van der Waals surface area (Å²) >= 11 is 8.30. The van der Waals surface area contributed by atoms with Crippen molar-refractivity contribution in [3.8, 4) is 17.2 Å². The Hall–Kier alpha value is -2.79. The van der Waals surface area contributed by atoms with Gasteiger partial charge >= 0.3 is 6.18 Å². The first-order valence-corrected chi connectivity index (χ1v) is 14.2. The predicted octanol–water partition coefficient (Wildman–Crippen LogP) is 6.81. The minimum Gasteiger partial charge on any atom is -0.375 e. The third kappa shape index (κ3) is 5.18. The van der Waals surface area contributed by atoms with Crippen LogP contribution in [-0.4, -0.2) is 43.9 Å². The molecule has 12 heteroatoms. The van der Waals surface area contributed by atoms with E-state index in [1.807, 2.05) is 0 Å². The number of hydrogen-bond acceptors (Lipinski definition) is 6. The molecule has 2 fully saturated rings. The molecule has 1 aliphatic carbocycles. The Balaban J connectivity index is 1.44. The van der Waals surface area contributed by atoms with Gasteiger partial charge in [0.05, 0.1) is 36.0 Å². The molecule has 0 bridgehead atoms. The molecule has 1 aromatic heterocycles. The largest absolute Gasteiger partial charge is 0.416 e. The molecular formula is C28H22ClF3IN5O2. The second-order valence-corrected chi connectivity index (χ2v) is 11.7. The average Bonchev–Trinajstić information content (AvgIpc) is 3.48. The van der Waals surface area contributed by atoms with E-state index in [4.69, 9.17) is 26.4 Å². The Morgan fingerprint density at radius 3 is 2.60 bits per heavy atom. The van der Waals surface area contributed by atoms with E-state index in [9.17, 15) is 23.2 Å². The lowest BCUT2D eigenvalue weighted by Crippen LogP contribution is -2.43. The van der Waals surface area contributed by atoms with Gasteiger partial charge in [-0.05, 0) is 48.6 Å². The van der Waals surface area contributed by atoms with Gasteiger partial charge in [-0.1, -0.05) is 29.8 Å². The summed E-state index contributed by atoms with van der Waals surface area (Å²) in [5.74, 6) is 0.817. The number of carbonyl (C=O) groups excluding carboxylic acids is 1. The summed E-state index contributed by atoms with van der Waals surface area (Å²) in [5.41, 5.74) is 2.49. The monoisotopic (exact) mass is 679 g/mol. The number of benzene rings is 2. The Bertz CT molecular complexity index is 1560. The van der Waals surface area contributed by atoms with Gasteiger partial charge in [-0.3, -0.25) is 9.69 Å². The van der Waals surface area contributed by atoms with Crippen LogP contribution >= 0.6 is 34.2 Å². The van der Waals surface area contributed by atoms with Crippen LogP contribution in [0.25, 0.3) is 11.1 Å². The number of nitrogens with zero attached hydrogens (tertiary/aromatic N) is 5. The fraction of sp³-hybridized carbons (Fsp3) is 0.357. The fourth-order valence-electron chi connectivity index (χ4n) is 5.40. The van der Waals surface area contributed by atoms with Gasteiger partial charge < -0.3 is 4.74 Å². The molecule has 206 valence electrons. The van der Waals surface area contributed by atoms with E-state index < -0.39 is 11.7 Å². The number of rotatable bonds is 7. The molecule has 0 radical (unpaired) electrons. The summed E-state index contributed by atoms with van der Waals surface area (Å²) in [4.78, 5) is 19.0. The minimum absolute atomic E-state index is 0.130. The second-order valence-electron chi connectivity index (χ2n) is 10.3. The van der Waals surface area contributed by atoms with Crippen LogP contribution in [-0.2, 0) is 17.5 Å². The SMILES string of the molecule is N#Cc1nn2c(c1-c1ccc(C(=O)I)cc1Cl)N=C1COCC1C2N(Cc1ccc(C(F)(F)F)cc1)CC1CC1. The predicted molar refractivity (Wildman–Crippen MR) is 151 cm³/mol. The van der Waals surface area contributed by atoms with Crippen molar-refractivity contribution in [3.63, 3.8) is 0 Å². The summed E-state index contributed by atoms with van der Waals surface area (Å²) in [6, 6.07) is 12.3. The van der Waals surface area contributed by atoms with Gasteiger partial charge in [-0.2, -0.15) is 23.5 Å². The number of fused-ring (bicyclic) bond motifs is 2. The van der Waals surface area contributed by atoms with Gasteiger partial charge in [-0.25, -0.2) is 9.67 Å². The summed E-state index contributed by atoms with van der Waals surface area (Å²) < 4.78 is 46.9. The first-order valence-electron chi connectivity index (χ1n) is 12.7. The van der Waals surface area contributed by atoms with Crippen LogP contribution < -0.4 is 0 Å². The molecular weight excluding hydrogens is 658 g/mol. The van der Waals surface area contributed by atoms with Crippen LogP contribution in [0.5, 0.6) is 0 Å². The molecule has 7 nitrogen and oxygen atoms in total. The third-order valence-corrected chi connectivity index (χ3v) is 8.46. The maximum atomic E-state index is 13.2. The number of nitriles is 1. The molecule has 2 aromatic carbocycles. The summed E-state index contributed by atoms with van der Waals surface area (Å²) in [7, 11) is 0. The first-order chi connectivity index (χ1) is 19.1. The molecule has 3 heterocycles. The lowest BCUT2D eigenvalue weighted by molar-refractivity contribution is -0.137. The van der Waals surface area contributed by atoms with E-state index in [0.717, 1.165) is 42.8 Å². The smallest absolute Gasteiger partial charge is 0.375 e. The Morgan fingerprint density at radius 2 is 1.98 bits per heavy atom. The number of alkyl halides is 3. The highest BCUT2D eigenvalue weighted by Gasteiger charge is 2.44. The fourth-order valence-corrected chi connectivity index (χ4v) is 6.01. The summed E-state index contributed by atoms with van der Waals surface area (Å²) in [6.07, 6.45) is -2.60. The van der Waals surface area contributed by atoms with Crippen molar-refractivity contribution in [2.24, 2.45) is 16.8 Å². The van der Waals surface area contributed by atoms with E-state index in [1.54, 1.807) is 45.5 Å². The zero-order valence-corrected chi connectivity index (χ0v) is 23.9. The molecule has 2 unspecified atom stereocenters. The number of ether oxygens (including phenoxy) is 1. The number of aliphatic imine (C=N–C) groups is 1. The number of hydrogen-bond donors (Lipinski definition) is 0. The second kappa shape index (κ2) is 10.6. The van der Waals surface area contributed by atoms with Crippen molar-refractivity contribution in [1.82, 2.24) is 14.7 Å². The van der Waals surface area contributed by atoms with Crippen molar-refractivity contribution in [1.29, 1.82) is 5.26 Å². The first kappa shape index (κ1) is 27.4. The maximum absolute atomic E-state index is 13.2. The van der Waals surface area contributed by atoms with Crippen LogP contribution in [0, 0.1) is 23.2 Å². The van der Waals surface area contributed by atoms with E-state index in [0.29, 0.717) is 53.2 Å². The van der Waals surface area contributed by atoms with E-state index in [-0.39, 0.29) is 21.6 Å². The van der Waals surface area contributed by atoms with Gasteiger partial charge in [0, 0.05) is 51.8 Å².